The molecule has 2 heteroatoms. The van der Waals surface area contributed by atoms with E-state index in [0.29, 0.717) is 6.42 Å². The van der Waals surface area contributed by atoms with Crippen molar-refractivity contribution in [2.24, 2.45) is 0 Å². The molecule has 0 aliphatic heterocycles. The van der Waals surface area contributed by atoms with Crippen LogP contribution < -0.4 is 0 Å². The summed E-state index contributed by atoms with van der Waals surface area (Å²) in [4.78, 5) is 11.4. The van der Waals surface area contributed by atoms with Gasteiger partial charge in [0, 0.05) is 13.5 Å². The van der Waals surface area contributed by atoms with Crippen molar-refractivity contribution < 1.29 is 9.53 Å². The summed E-state index contributed by atoms with van der Waals surface area (Å²) in [5, 5.41) is 0. The number of hydrogen-bond donors (Lipinski definition) is 0. The van der Waals surface area contributed by atoms with E-state index in [9.17, 15) is 4.79 Å². The molecule has 70 valence electrons. The fourth-order valence-electron chi connectivity index (χ4n) is 1.08. The van der Waals surface area contributed by atoms with Gasteiger partial charge in [0.25, 0.3) is 0 Å². The zero-order chi connectivity index (χ0) is 9.40. The maximum Gasteiger partial charge on any atom is 0.161 e. The molecule has 0 aliphatic carbocycles. The molecule has 1 atom stereocenters. The molecule has 0 aromatic rings. The molecule has 0 heterocycles. The average Bonchev–Trinajstić information content (AvgIpc) is 2.10. The van der Waals surface area contributed by atoms with E-state index in [1.807, 2.05) is 6.92 Å². The number of allylic oxidation sites excluding steroid dienone is 1. The smallest absolute Gasteiger partial charge is 0.161 e. The first kappa shape index (κ1) is 11.4. The number of methoxy groups -OCH3 is 1. The van der Waals surface area contributed by atoms with Gasteiger partial charge in [0.15, 0.2) is 5.78 Å². The Hall–Kier alpha value is -0.630. The minimum Gasteiger partial charge on any atom is -0.374 e. The summed E-state index contributed by atoms with van der Waals surface area (Å²) in [5.41, 5.74) is 0. The van der Waals surface area contributed by atoms with Crippen molar-refractivity contribution in [2.75, 3.05) is 7.11 Å². The highest BCUT2D eigenvalue weighted by Crippen LogP contribution is 2.06. The SMILES string of the molecule is C=CCCC(=O)C(CCC)OC. The monoisotopic (exact) mass is 170 g/mol. The Morgan fingerprint density at radius 1 is 1.67 bits per heavy atom. The second kappa shape index (κ2) is 7.04. The fraction of sp³-hybridized carbons (Fsp3) is 0.700. The van der Waals surface area contributed by atoms with Gasteiger partial charge in [-0.2, -0.15) is 0 Å². The summed E-state index contributed by atoms with van der Waals surface area (Å²) in [7, 11) is 1.59. The van der Waals surface area contributed by atoms with Crippen molar-refractivity contribution in [3.8, 4) is 0 Å². The summed E-state index contributed by atoms with van der Waals surface area (Å²) in [6, 6.07) is 0. The lowest BCUT2D eigenvalue weighted by molar-refractivity contribution is -0.129. The Labute approximate surface area is 74.6 Å². The largest absolute Gasteiger partial charge is 0.374 e. The minimum absolute atomic E-state index is 0.194. The third-order valence-electron chi connectivity index (χ3n) is 1.79. The molecule has 0 rings (SSSR count). The van der Waals surface area contributed by atoms with Gasteiger partial charge in [0.05, 0.1) is 0 Å². The van der Waals surface area contributed by atoms with Crippen molar-refractivity contribution in [2.45, 2.75) is 38.7 Å². The number of hydrogen-bond acceptors (Lipinski definition) is 2. The summed E-state index contributed by atoms with van der Waals surface area (Å²) < 4.78 is 5.07. The second-order valence-corrected chi connectivity index (χ2v) is 2.81. The number of carbonyl (C=O) groups excluding carboxylic acids is 1. The Balaban J connectivity index is 3.76. The first-order chi connectivity index (χ1) is 5.76. The van der Waals surface area contributed by atoms with Gasteiger partial charge in [-0.05, 0) is 12.8 Å². The molecule has 0 spiro atoms. The standard InChI is InChI=1S/C10H18O2/c1-4-6-8-9(11)10(12-3)7-5-2/h4,10H,1,5-8H2,2-3H3. The molecule has 0 saturated heterocycles. The molecule has 0 amide bonds. The Morgan fingerprint density at radius 3 is 2.75 bits per heavy atom. The maximum absolute atomic E-state index is 11.4. The predicted octanol–water partition coefficient (Wildman–Crippen LogP) is 2.34. The van der Waals surface area contributed by atoms with Crippen LogP contribution in [0.5, 0.6) is 0 Å². The van der Waals surface area contributed by atoms with Crippen LogP contribution in [-0.4, -0.2) is 19.0 Å². The first-order valence-electron chi connectivity index (χ1n) is 4.42. The van der Waals surface area contributed by atoms with Crippen molar-refractivity contribution >= 4 is 5.78 Å². The number of carbonyl (C=O) groups is 1. The molecule has 0 saturated carbocycles. The van der Waals surface area contributed by atoms with E-state index < -0.39 is 0 Å². The molecule has 12 heavy (non-hydrogen) atoms. The van der Waals surface area contributed by atoms with Crippen LogP contribution in [0.2, 0.25) is 0 Å². The summed E-state index contributed by atoms with van der Waals surface area (Å²) in [6.07, 6.45) is 4.68. The van der Waals surface area contributed by atoms with Crippen LogP contribution in [0.25, 0.3) is 0 Å². The summed E-state index contributed by atoms with van der Waals surface area (Å²) in [6.45, 7) is 5.62. The lowest BCUT2D eigenvalue weighted by atomic mass is 10.1. The van der Waals surface area contributed by atoms with Gasteiger partial charge in [-0.25, -0.2) is 0 Å². The highest BCUT2D eigenvalue weighted by atomic mass is 16.5. The molecule has 1 unspecified atom stereocenters. The minimum atomic E-state index is -0.199. The zero-order valence-corrected chi connectivity index (χ0v) is 8.01. The van der Waals surface area contributed by atoms with Crippen LogP contribution in [0.15, 0.2) is 12.7 Å². The van der Waals surface area contributed by atoms with Gasteiger partial charge in [0.1, 0.15) is 6.10 Å². The zero-order valence-electron chi connectivity index (χ0n) is 8.01. The lowest BCUT2D eigenvalue weighted by Gasteiger charge is -2.11. The molecule has 2 nitrogen and oxygen atoms in total. The Morgan fingerprint density at radius 2 is 2.33 bits per heavy atom. The third kappa shape index (κ3) is 4.29. The van der Waals surface area contributed by atoms with Gasteiger partial charge >= 0.3 is 0 Å². The summed E-state index contributed by atoms with van der Waals surface area (Å²) >= 11 is 0. The first-order valence-corrected chi connectivity index (χ1v) is 4.42. The van der Waals surface area contributed by atoms with Gasteiger partial charge in [0.2, 0.25) is 0 Å². The molecule has 0 aliphatic rings. The van der Waals surface area contributed by atoms with E-state index in [0.717, 1.165) is 19.3 Å². The molecular formula is C10H18O2. The van der Waals surface area contributed by atoms with E-state index in [1.54, 1.807) is 13.2 Å². The van der Waals surface area contributed by atoms with Gasteiger partial charge < -0.3 is 4.74 Å². The van der Waals surface area contributed by atoms with Crippen molar-refractivity contribution in [3.05, 3.63) is 12.7 Å². The normalized spacial score (nSPS) is 12.5. The van der Waals surface area contributed by atoms with Crippen LogP contribution in [0, 0.1) is 0 Å². The molecule has 0 fully saturated rings. The van der Waals surface area contributed by atoms with E-state index in [1.165, 1.54) is 0 Å². The van der Waals surface area contributed by atoms with E-state index in [-0.39, 0.29) is 11.9 Å². The molecule has 0 radical (unpaired) electrons. The van der Waals surface area contributed by atoms with Gasteiger partial charge in [-0.15, -0.1) is 6.58 Å². The van der Waals surface area contributed by atoms with Gasteiger partial charge in [-0.1, -0.05) is 19.4 Å². The van der Waals surface area contributed by atoms with Crippen LogP contribution in [-0.2, 0) is 9.53 Å². The molecule has 0 aromatic heterocycles. The molecule has 0 bridgehead atoms. The average molecular weight is 170 g/mol. The van der Waals surface area contributed by atoms with E-state index >= 15 is 0 Å². The van der Waals surface area contributed by atoms with Crippen molar-refractivity contribution in [1.82, 2.24) is 0 Å². The number of Topliss-reactive ketones (excluding diaryl/α,β-unsaturated/α-hetero) is 1. The van der Waals surface area contributed by atoms with Crippen LogP contribution >= 0.6 is 0 Å². The number of ketones is 1. The van der Waals surface area contributed by atoms with E-state index in [2.05, 4.69) is 6.58 Å². The molecule has 0 N–H and O–H groups in total. The van der Waals surface area contributed by atoms with Crippen molar-refractivity contribution in [3.63, 3.8) is 0 Å². The highest BCUT2D eigenvalue weighted by molar-refractivity contribution is 5.83. The molecular weight excluding hydrogens is 152 g/mol. The predicted molar refractivity (Wildman–Crippen MR) is 50.1 cm³/mol. The topological polar surface area (TPSA) is 26.3 Å². The Kier molecular flexibility index (Phi) is 6.67. The van der Waals surface area contributed by atoms with Crippen LogP contribution in [0.4, 0.5) is 0 Å². The quantitative estimate of drug-likeness (QED) is 0.548. The number of ether oxygens (including phenoxy) is 1. The fourth-order valence-corrected chi connectivity index (χ4v) is 1.08. The highest BCUT2D eigenvalue weighted by Gasteiger charge is 2.14. The summed E-state index contributed by atoms with van der Waals surface area (Å²) in [5.74, 6) is 0.194. The van der Waals surface area contributed by atoms with Crippen LogP contribution in [0.1, 0.15) is 32.6 Å². The molecule has 0 aromatic carbocycles. The van der Waals surface area contributed by atoms with E-state index in [4.69, 9.17) is 4.74 Å². The van der Waals surface area contributed by atoms with Gasteiger partial charge in [-0.3, -0.25) is 4.79 Å². The number of rotatable bonds is 7. The Bertz CT molecular complexity index is 141. The lowest BCUT2D eigenvalue weighted by Crippen LogP contribution is -2.22. The maximum atomic E-state index is 11.4. The van der Waals surface area contributed by atoms with Crippen LogP contribution in [0.3, 0.4) is 0 Å². The second-order valence-electron chi connectivity index (χ2n) is 2.81. The van der Waals surface area contributed by atoms with Crippen molar-refractivity contribution in [1.29, 1.82) is 0 Å². The third-order valence-corrected chi connectivity index (χ3v) is 1.79.